The number of allylic oxidation sites excluding steroid dienone is 4. The van der Waals surface area contributed by atoms with Crippen molar-refractivity contribution in [2.45, 2.75) is 57.9 Å². The molecule has 0 bridgehead atoms. The molecule has 0 atom stereocenters. The Morgan fingerprint density at radius 2 is 1.47 bits per heavy atom. The fourth-order valence-electron chi connectivity index (χ4n) is 7.48. The molecule has 1 aromatic heterocycles. The first-order valence-corrected chi connectivity index (χ1v) is 23.1. The molecule has 2 aliphatic rings. The van der Waals surface area contributed by atoms with E-state index in [0.717, 1.165) is 65.9 Å². The molecule has 0 amide bonds. The molecule has 2 heterocycles. The van der Waals surface area contributed by atoms with E-state index < -0.39 is 26.0 Å². The molecule has 12 heteroatoms. The Labute approximate surface area is 332 Å². The highest BCUT2D eigenvalue weighted by Crippen LogP contribution is 2.50. The van der Waals surface area contributed by atoms with Gasteiger partial charge in [0.15, 0.2) is 6.54 Å². The zero-order valence-electron chi connectivity index (χ0n) is 31.1. The molecule has 0 saturated carbocycles. The van der Waals surface area contributed by atoms with Crippen molar-refractivity contribution in [3.8, 4) is 22.3 Å². The van der Waals surface area contributed by atoms with Crippen LogP contribution in [-0.2, 0) is 26.8 Å². The van der Waals surface area contributed by atoms with Crippen LogP contribution in [0.2, 0.25) is 0 Å². The number of aryl methyl sites for hydroxylation is 1. The fraction of sp³-hybridized carbons (Fsp3) is 0.279. The van der Waals surface area contributed by atoms with Gasteiger partial charge in [0, 0.05) is 35.8 Å². The first kappa shape index (κ1) is 39.2. The van der Waals surface area contributed by atoms with Gasteiger partial charge in [0.05, 0.1) is 26.6 Å². The maximum Gasteiger partial charge on any atom is 0.264 e. The van der Waals surface area contributed by atoms with Gasteiger partial charge < -0.3 is 9.45 Å². The average Bonchev–Trinajstić information content (AvgIpc) is 3.65. The molecule has 1 aliphatic heterocycles. The first-order valence-electron chi connectivity index (χ1n) is 18.3. The molecule has 286 valence electrons. The number of thioether (sulfide) groups is 1. The Hall–Kier alpha value is -4.04. The molecular formula is C43H44N2O6S4. The number of hydrogen-bond acceptors (Lipinski definition) is 8. The Balaban J connectivity index is 1.29. The van der Waals surface area contributed by atoms with Crippen LogP contribution in [0, 0.1) is 5.41 Å². The van der Waals surface area contributed by atoms with Gasteiger partial charge in [-0.2, -0.15) is 13.0 Å². The monoisotopic (exact) mass is 812 g/mol. The zero-order valence-corrected chi connectivity index (χ0v) is 34.3. The third-order valence-electron chi connectivity index (χ3n) is 10.1. The van der Waals surface area contributed by atoms with E-state index in [1.165, 1.54) is 16.7 Å². The van der Waals surface area contributed by atoms with Gasteiger partial charge in [-0.3, -0.25) is 4.55 Å². The smallest absolute Gasteiger partial charge is 0.264 e. The molecule has 0 fully saturated rings. The lowest BCUT2D eigenvalue weighted by atomic mass is 9.72. The number of nitrogens with zero attached hydrogens (tertiary/aromatic N) is 2. The molecular weight excluding hydrogens is 769 g/mol. The SMILES string of the molecule is CC1=C(/C=C2\Sc3ccc(-c4ccccc4)cc3N2CCCS(=O)(=O)O)CC(C)(C)C/C1=C\c1sc2ccc(-c3ccccc3)cc2[n+]1CCCS(=O)(=O)[O-]. The van der Waals surface area contributed by atoms with Crippen LogP contribution in [0.4, 0.5) is 5.69 Å². The van der Waals surface area contributed by atoms with Crippen LogP contribution < -0.4 is 9.47 Å². The maximum atomic E-state index is 11.7. The lowest BCUT2D eigenvalue weighted by Gasteiger charge is -2.33. The number of rotatable bonds is 12. The van der Waals surface area contributed by atoms with Gasteiger partial charge in [-0.25, -0.2) is 8.42 Å². The Bertz CT molecular complexity index is 2560. The lowest BCUT2D eigenvalue weighted by molar-refractivity contribution is -0.668. The van der Waals surface area contributed by atoms with Crippen molar-refractivity contribution in [1.29, 1.82) is 0 Å². The van der Waals surface area contributed by atoms with Crippen molar-refractivity contribution in [2.75, 3.05) is 23.0 Å². The number of benzene rings is 4. The second-order valence-corrected chi connectivity index (χ2v) is 20.2. The number of anilines is 1. The van der Waals surface area contributed by atoms with E-state index in [1.54, 1.807) is 23.1 Å². The predicted octanol–water partition coefficient (Wildman–Crippen LogP) is 9.71. The minimum atomic E-state index is -4.36. The molecule has 0 spiro atoms. The zero-order chi connectivity index (χ0) is 39.0. The summed E-state index contributed by atoms with van der Waals surface area (Å²) in [7, 11) is -8.47. The van der Waals surface area contributed by atoms with Crippen LogP contribution in [0.25, 0.3) is 38.5 Å². The topological polar surface area (TPSA) is 119 Å². The van der Waals surface area contributed by atoms with Crippen LogP contribution in [0.3, 0.4) is 0 Å². The Morgan fingerprint density at radius 3 is 2.13 bits per heavy atom. The molecule has 1 N–H and O–H groups in total. The van der Waals surface area contributed by atoms with Crippen molar-refractivity contribution in [3.63, 3.8) is 0 Å². The summed E-state index contributed by atoms with van der Waals surface area (Å²) in [5, 5.41) is 2.00. The minimum absolute atomic E-state index is 0.0667. The molecule has 0 unspecified atom stereocenters. The minimum Gasteiger partial charge on any atom is -0.748 e. The summed E-state index contributed by atoms with van der Waals surface area (Å²) in [4.78, 5) is 3.26. The largest absolute Gasteiger partial charge is 0.748 e. The average molecular weight is 813 g/mol. The summed E-state index contributed by atoms with van der Waals surface area (Å²) >= 11 is 3.33. The first-order chi connectivity index (χ1) is 26.1. The van der Waals surface area contributed by atoms with E-state index in [4.69, 9.17) is 0 Å². The molecule has 0 radical (unpaired) electrons. The molecule has 8 nitrogen and oxygen atoms in total. The van der Waals surface area contributed by atoms with E-state index in [2.05, 4.69) is 103 Å². The van der Waals surface area contributed by atoms with Gasteiger partial charge in [-0.05, 0) is 94.8 Å². The van der Waals surface area contributed by atoms with Crippen molar-refractivity contribution in [2.24, 2.45) is 5.41 Å². The highest BCUT2D eigenvalue weighted by atomic mass is 32.2. The maximum absolute atomic E-state index is 11.7. The second-order valence-electron chi connectivity index (χ2n) is 15.0. The normalized spacial score (nSPS) is 17.4. The van der Waals surface area contributed by atoms with E-state index in [0.29, 0.717) is 13.1 Å². The van der Waals surface area contributed by atoms with Crippen LogP contribution in [0.15, 0.2) is 130 Å². The summed E-state index contributed by atoms with van der Waals surface area (Å²) in [6.45, 7) is 7.51. The summed E-state index contributed by atoms with van der Waals surface area (Å²) in [5.41, 5.74) is 9.80. The Morgan fingerprint density at radius 1 is 0.818 bits per heavy atom. The standard InChI is InChI=1S/C43H44N2O6S4/c1-30-35(26-41-44(20-10-22-54(46,47)48)37-24-33(16-18-39(37)52-41)31-12-6-4-7-13-31)28-43(2,3)29-36(30)27-42-45(21-11-23-55(49,50)51)38-25-34(17-19-40(38)53-42)32-14-8-5-9-15-32/h4-9,12-19,24-27H,10-11,20-23,28-29H2,1-3H3,(H-,46,47,48,49,50,51). The molecule has 5 aromatic rings. The highest BCUT2D eigenvalue weighted by Gasteiger charge is 2.32. The predicted molar refractivity (Wildman–Crippen MR) is 225 cm³/mol. The third-order valence-corrected chi connectivity index (χ3v) is 13.9. The van der Waals surface area contributed by atoms with Gasteiger partial charge in [-0.1, -0.05) is 110 Å². The van der Waals surface area contributed by atoms with Crippen LogP contribution in [-0.4, -0.2) is 44.0 Å². The van der Waals surface area contributed by atoms with E-state index in [-0.39, 0.29) is 24.0 Å². The molecule has 0 saturated heterocycles. The number of aromatic nitrogens is 1. The summed E-state index contributed by atoms with van der Waals surface area (Å²) in [6, 6.07) is 33.1. The van der Waals surface area contributed by atoms with E-state index in [1.807, 2.05) is 36.4 Å². The van der Waals surface area contributed by atoms with Crippen molar-refractivity contribution in [1.82, 2.24) is 0 Å². The summed E-state index contributed by atoms with van der Waals surface area (Å²) < 4.78 is 71.0. The van der Waals surface area contributed by atoms with Gasteiger partial charge in [0.1, 0.15) is 4.70 Å². The van der Waals surface area contributed by atoms with Crippen LogP contribution in [0.1, 0.15) is 51.5 Å². The van der Waals surface area contributed by atoms with Gasteiger partial charge in [0.2, 0.25) is 5.52 Å². The highest BCUT2D eigenvalue weighted by molar-refractivity contribution is 8.03. The molecule has 7 rings (SSSR count). The molecule has 1 aliphatic carbocycles. The van der Waals surface area contributed by atoms with E-state index in [9.17, 15) is 25.9 Å². The Kier molecular flexibility index (Phi) is 11.3. The van der Waals surface area contributed by atoms with Crippen molar-refractivity contribution < 1.29 is 30.5 Å². The lowest BCUT2D eigenvalue weighted by Crippen LogP contribution is -2.36. The van der Waals surface area contributed by atoms with Crippen LogP contribution >= 0.6 is 23.1 Å². The third kappa shape index (κ3) is 9.50. The fourth-order valence-corrected chi connectivity index (χ4v) is 10.7. The van der Waals surface area contributed by atoms with Gasteiger partial charge >= 0.3 is 0 Å². The van der Waals surface area contributed by atoms with Gasteiger partial charge in [-0.15, -0.1) is 0 Å². The summed E-state index contributed by atoms with van der Waals surface area (Å²) in [6.07, 6.45) is 6.65. The second kappa shape index (κ2) is 15.8. The quantitative estimate of drug-likeness (QED) is 0.0978. The number of fused-ring (bicyclic) bond motifs is 2. The number of hydrogen-bond donors (Lipinski definition) is 1. The van der Waals surface area contributed by atoms with Gasteiger partial charge in [0.25, 0.3) is 15.1 Å². The van der Waals surface area contributed by atoms with Crippen molar-refractivity contribution >= 4 is 65.3 Å². The van der Waals surface area contributed by atoms with E-state index >= 15 is 0 Å². The van der Waals surface area contributed by atoms with Crippen LogP contribution in [0.5, 0.6) is 0 Å². The molecule has 4 aromatic carbocycles. The number of thiazole rings is 1. The summed E-state index contributed by atoms with van der Waals surface area (Å²) in [5.74, 6) is -0.747. The molecule has 55 heavy (non-hydrogen) atoms. The van der Waals surface area contributed by atoms with Crippen molar-refractivity contribution in [3.05, 3.63) is 130 Å².